The van der Waals surface area contributed by atoms with Crippen molar-refractivity contribution in [3.8, 4) is 0 Å². The number of ether oxygens (including phenoxy) is 1. The molecule has 0 spiro atoms. The summed E-state index contributed by atoms with van der Waals surface area (Å²) in [6.45, 7) is 3.43. The summed E-state index contributed by atoms with van der Waals surface area (Å²) in [5, 5.41) is 0. The van der Waals surface area contributed by atoms with Crippen LogP contribution in [0.3, 0.4) is 0 Å². The lowest BCUT2D eigenvalue weighted by Crippen LogP contribution is -2.57. The third-order valence-electron chi connectivity index (χ3n) is 3.97. The van der Waals surface area contributed by atoms with E-state index in [4.69, 9.17) is 10.5 Å². The maximum absolute atomic E-state index is 12.7. The summed E-state index contributed by atoms with van der Waals surface area (Å²) in [6, 6.07) is 8.64. The van der Waals surface area contributed by atoms with Crippen LogP contribution in [-0.2, 0) is 19.1 Å². The van der Waals surface area contributed by atoms with Gasteiger partial charge in [-0.15, -0.1) is 0 Å². The van der Waals surface area contributed by atoms with Gasteiger partial charge in [0, 0.05) is 13.1 Å². The second-order valence-corrected chi connectivity index (χ2v) is 6.14. The molecular weight excluding hydrogens is 310 g/mol. The number of morpholine rings is 1. The molecule has 24 heavy (non-hydrogen) atoms. The number of benzene rings is 1. The zero-order valence-electron chi connectivity index (χ0n) is 14.1. The Labute approximate surface area is 141 Å². The first-order valence-electron chi connectivity index (χ1n) is 7.84. The molecule has 1 aliphatic rings. The van der Waals surface area contributed by atoms with E-state index in [1.54, 1.807) is 4.90 Å². The summed E-state index contributed by atoms with van der Waals surface area (Å²) in [4.78, 5) is 39.1. The maximum atomic E-state index is 12.7. The highest BCUT2D eigenvalue weighted by molar-refractivity contribution is 5.89. The molecule has 0 bridgehead atoms. The summed E-state index contributed by atoms with van der Waals surface area (Å²) in [5.41, 5.74) is 5.98. The minimum absolute atomic E-state index is 0.0941. The van der Waals surface area contributed by atoms with Gasteiger partial charge in [0.2, 0.25) is 11.8 Å². The topological polar surface area (TPSA) is 92.9 Å². The number of amides is 3. The third kappa shape index (κ3) is 3.73. The number of primary amides is 1. The molecule has 1 aromatic rings. The van der Waals surface area contributed by atoms with E-state index in [0.29, 0.717) is 0 Å². The molecule has 0 unspecified atom stereocenters. The number of hydrogen-bond acceptors (Lipinski definition) is 4. The van der Waals surface area contributed by atoms with Crippen LogP contribution in [0.25, 0.3) is 0 Å². The highest BCUT2D eigenvalue weighted by Crippen LogP contribution is 2.32. The van der Waals surface area contributed by atoms with Crippen LogP contribution in [0.1, 0.15) is 25.5 Å². The van der Waals surface area contributed by atoms with Gasteiger partial charge in [-0.1, -0.05) is 30.3 Å². The van der Waals surface area contributed by atoms with Gasteiger partial charge < -0.3 is 20.3 Å². The largest absolute Gasteiger partial charge is 0.368 e. The minimum atomic E-state index is -0.878. The number of carbonyl (C=O) groups excluding carboxylic acids is 3. The highest BCUT2D eigenvalue weighted by Gasteiger charge is 2.43. The second-order valence-electron chi connectivity index (χ2n) is 6.14. The molecule has 1 heterocycles. The van der Waals surface area contributed by atoms with Crippen LogP contribution in [0.15, 0.2) is 30.3 Å². The average Bonchev–Trinajstić information content (AvgIpc) is 2.53. The molecule has 1 aromatic carbocycles. The number of likely N-dealkylation sites (N-methyl/N-ethyl adjacent to an activating group) is 1. The average molecular weight is 333 g/mol. The Morgan fingerprint density at radius 2 is 1.96 bits per heavy atom. The van der Waals surface area contributed by atoms with E-state index >= 15 is 0 Å². The molecule has 7 heteroatoms. The van der Waals surface area contributed by atoms with E-state index in [2.05, 4.69) is 0 Å². The predicted octanol–water partition coefficient (Wildman–Crippen LogP) is 0.307. The van der Waals surface area contributed by atoms with Gasteiger partial charge in [0.15, 0.2) is 6.10 Å². The molecule has 1 fully saturated rings. The van der Waals surface area contributed by atoms with Gasteiger partial charge in [-0.2, -0.15) is 0 Å². The van der Waals surface area contributed by atoms with Gasteiger partial charge in [0.05, 0.1) is 12.6 Å². The first-order chi connectivity index (χ1) is 11.3. The van der Waals surface area contributed by atoms with Crippen molar-refractivity contribution >= 4 is 17.7 Å². The van der Waals surface area contributed by atoms with Gasteiger partial charge in [-0.3, -0.25) is 14.4 Å². The monoisotopic (exact) mass is 333 g/mol. The Kier molecular flexibility index (Phi) is 5.56. The van der Waals surface area contributed by atoms with Gasteiger partial charge in [0.25, 0.3) is 5.91 Å². The van der Waals surface area contributed by atoms with Crippen LogP contribution >= 0.6 is 0 Å². The van der Waals surface area contributed by atoms with E-state index in [-0.39, 0.29) is 31.0 Å². The molecule has 3 amide bonds. The summed E-state index contributed by atoms with van der Waals surface area (Å²) in [5.74, 6) is -1.14. The fourth-order valence-corrected chi connectivity index (χ4v) is 2.96. The van der Waals surface area contributed by atoms with Gasteiger partial charge in [-0.05, 0) is 19.4 Å². The van der Waals surface area contributed by atoms with Gasteiger partial charge in [-0.25, -0.2) is 0 Å². The highest BCUT2D eigenvalue weighted by atomic mass is 16.5. The van der Waals surface area contributed by atoms with Crippen molar-refractivity contribution in [1.29, 1.82) is 0 Å². The van der Waals surface area contributed by atoms with Crippen LogP contribution in [-0.4, -0.2) is 59.9 Å². The Balaban J connectivity index is 2.39. The second kappa shape index (κ2) is 7.44. The quantitative estimate of drug-likeness (QED) is 0.839. The summed E-state index contributed by atoms with van der Waals surface area (Å²) >= 11 is 0. The van der Waals surface area contributed by atoms with Crippen molar-refractivity contribution in [1.82, 2.24) is 9.80 Å². The fourth-order valence-electron chi connectivity index (χ4n) is 2.96. The molecule has 0 aliphatic carbocycles. The lowest BCUT2D eigenvalue weighted by molar-refractivity contribution is -0.171. The summed E-state index contributed by atoms with van der Waals surface area (Å²) in [6.07, 6.45) is -0.878. The molecule has 0 radical (unpaired) electrons. The number of carbonyl (C=O) groups is 3. The summed E-state index contributed by atoms with van der Waals surface area (Å²) < 4.78 is 5.57. The first-order valence-corrected chi connectivity index (χ1v) is 7.84. The molecule has 2 rings (SSSR count). The van der Waals surface area contributed by atoms with E-state index in [0.717, 1.165) is 5.56 Å². The standard InChI is InChI=1S/C17H23N3O4/c1-11(2)20-14(22)10-24-16(17(23)19(3)9-13(18)21)15(20)12-7-5-4-6-8-12/h4-8,11,15-16H,9-10H2,1-3H3,(H2,18,21)/t15-,16+/m1/s1. The minimum Gasteiger partial charge on any atom is -0.368 e. The number of hydrogen-bond donors (Lipinski definition) is 1. The summed E-state index contributed by atoms with van der Waals surface area (Å²) in [7, 11) is 1.49. The third-order valence-corrected chi connectivity index (χ3v) is 3.97. The molecule has 0 aromatic heterocycles. The molecule has 2 N–H and O–H groups in total. The van der Waals surface area contributed by atoms with Crippen molar-refractivity contribution in [2.24, 2.45) is 5.73 Å². The smallest absolute Gasteiger partial charge is 0.254 e. The Morgan fingerprint density at radius 3 is 2.50 bits per heavy atom. The zero-order chi connectivity index (χ0) is 17.9. The van der Waals surface area contributed by atoms with Crippen LogP contribution < -0.4 is 5.73 Å². The van der Waals surface area contributed by atoms with Crippen molar-refractivity contribution in [3.05, 3.63) is 35.9 Å². The van der Waals surface area contributed by atoms with Gasteiger partial charge in [0.1, 0.15) is 6.61 Å². The van der Waals surface area contributed by atoms with Crippen LogP contribution in [0.4, 0.5) is 0 Å². The molecular formula is C17H23N3O4. The van der Waals surface area contributed by atoms with Crippen LogP contribution in [0.5, 0.6) is 0 Å². The molecule has 7 nitrogen and oxygen atoms in total. The van der Waals surface area contributed by atoms with E-state index in [1.807, 2.05) is 44.2 Å². The SMILES string of the molecule is CC(C)N1C(=O)CO[C@H](C(=O)N(C)CC(N)=O)[C@H]1c1ccccc1. The molecule has 1 aliphatic heterocycles. The first kappa shape index (κ1) is 17.9. The predicted molar refractivity (Wildman–Crippen MR) is 87.7 cm³/mol. The Bertz CT molecular complexity index is 618. The fraction of sp³-hybridized carbons (Fsp3) is 0.471. The van der Waals surface area contributed by atoms with Gasteiger partial charge >= 0.3 is 0 Å². The van der Waals surface area contributed by atoms with E-state index in [1.165, 1.54) is 11.9 Å². The number of nitrogens with zero attached hydrogens (tertiary/aromatic N) is 2. The number of rotatable bonds is 5. The van der Waals surface area contributed by atoms with Crippen molar-refractivity contribution < 1.29 is 19.1 Å². The molecule has 130 valence electrons. The van der Waals surface area contributed by atoms with E-state index < -0.39 is 18.1 Å². The molecule has 1 saturated heterocycles. The lowest BCUT2D eigenvalue weighted by Gasteiger charge is -2.43. The molecule has 0 saturated carbocycles. The van der Waals surface area contributed by atoms with Crippen molar-refractivity contribution in [3.63, 3.8) is 0 Å². The van der Waals surface area contributed by atoms with Crippen molar-refractivity contribution in [2.75, 3.05) is 20.2 Å². The zero-order valence-corrected chi connectivity index (χ0v) is 14.1. The van der Waals surface area contributed by atoms with Crippen molar-refractivity contribution in [2.45, 2.75) is 32.0 Å². The van der Waals surface area contributed by atoms with Crippen LogP contribution in [0.2, 0.25) is 0 Å². The Hall–Kier alpha value is -2.41. The molecule has 2 atom stereocenters. The van der Waals surface area contributed by atoms with E-state index in [9.17, 15) is 14.4 Å². The Morgan fingerprint density at radius 1 is 1.33 bits per heavy atom. The normalized spacial score (nSPS) is 21.0. The lowest BCUT2D eigenvalue weighted by atomic mass is 9.95. The number of nitrogens with two attached hydrogens (primary N) is 1. The maximum Gasteiger partial charge on any atom is 0.254 e. The van der Waals surface area contributed by atoms with Crippen LogP contribution in [0, 0.1) is 0 Å².